The molecule has 2 fully saturated rings. The van der Waals surface area contributed by atoms with Crippen LogP contribution in [0.5, 0.6) is 0 Å². The molecule has 0 spiro atoms. The van der Waals surface area contributed by atoms with E-state index < -0.39 is 36.7 Å². The van der Waals surface area contributed by atoms with Gasteiger partial charge in [-0.05, 0) is 30.7 Å². The molecule has 160 valence electrons. The van der Waals surface area contributed by atoms with E-state index in [0.29, 0.717) is 6.42 Å². The highest BCUT2D eigenvalue weighted by atomic mass is 19.4. The third-order valence-corrected chi connectivity index (χ3v) is 5.45. The molecule has 4 atom stereocenters. The van der Waals surface area contributed by atoms with Crippen LogP contribution in [0, 0.1) is 17.8 Å². The van der Waals surface area contributed by atoms with Crippen molar-refractivity contribution < 1.29 is 32.2 Å². The van der Waals surface area contributed by atoms with Crippen molar-refractivity contribution in [2.45, 2.75) is 32.2 Å². The Hall–Kier alpha value is -2.29. The summed E-state index contributed by atoms with van der Waals surface area (Å²) in [6, 6.07) is 8.50. The topological polar surface area (TPSA) is 67.9 Å². The molecule has 1 aromatic carbocycles. The molecule has 0 radical (unpaired) electrons. The predicted molar refractivity (Wildman–Crippen MR) is 97.8 cm³/mol. The molecule has 2 bridgehead atoms. The normalized spacial score (nSPS) is 26.8. The Balaban J connectivity index is 1.67. The Morgan fingerprint density at radius 1 is 1.14 bits per heavy atom. The number of halogens is 3. The lowest BCUT2D eigenvalue weighted by Gasteiger charge is -2.32. The first-order chi connectivity index (χ1) is 13.8. The van der Waals surface area contributed by atoms with Gasteiger partial charge in [0, 0.05) is 19.1 Å². The minimum atomic E-state index is -4.31. The van der Waals surface area contributed by atoms with Crippen molar-refractivity contribution in [2.24, 2.45) is 17.8 Å². The van der Waals surface area contributed by atoms with E-state index >= 15 is 0 Å². The van der Waals surface area contributed by atoms with Crippen molar-refractivity contribution in [3.05, 3.63) is 35.9 Å². The summed E-state index contributed by atoms with van der Waals surface area (Å²) in [5.41, 5.74) is 0.811. The van der Waals surface area contributed by atoms with Gasteiger partial charge in [0.2, 0.25) is 0 Å². The first-order valence-corrected chi connectivity index (χ1v) is 9.69. The van der Waals surface area contributed by atoms with Gasteiger partial charge in [-0.3, -0.25) is 9.69 Å². The lowest BCUT2D eigenvalue weighted by Crippen LogP contribution is -2.46. The Morgan fingerprint density at radius 3 is 2.48 bits per heavy atom. The van der Waals surface area contributed by atoms with Crippen molar-refractivity contribution in [3.8, 4) is 0 Å². The third kappa shape index (κ3) is 5.62. The van der Waals surface area contributed by atoms with Crippen LogP contribution in [0.2, 0.25) is 0 Å². The molecule has 9 heteroatoms. The van der Waals surface area contributed by atoms with E-state index in [2.05, 4.69) is 5.32 Å². The molecule has 2 aliphatic rings. The summed E-state index contributed by atoms with van der Waals surface area (Å²) in [6.45, 7) is 1.19. The number of alkyl carbamates (subject to hydrolysis) is 1. The maximum Gasteiger partial charge on any atom is 0.407 e. The number of esters is 1. The fraction of sp³-hybridized carbons (Fsp3) is 0.600. The molecular weight excluding hydrogens is 389 g/mol. The van der Waals surface area contributed by atoms with Crippen LogP contribution >= 0.6 is 0 Å². The number of carbonyl (C=O) groups excluding carboxylic acids is 2. The first-order valence-electron chi connectivity index (χ1n) is 9.69. The highest BCUT2D eigenvalue weighted by molar-refractivity contribution is 5.76. The molecular formula is C20H25F3N2O4. The first kappa shape index (κ1) is 21.4. The summed E-state index contributed by atoms with van der Waals surface area (Å²) < 4.78 is 48.9. The smallest absolute Gasteiger partial charge is 0.407 e. The molecule has 1 saturated heterocycles. The summed E-state index contributed by atoms with van der Waals surface area (Å²) in [5, 5.41) is 2.72. The second-order valence-electron chi connectivity index (χ2n) is 7.57. The Labute approximate surface area is 167 Å². The van der Waals surface area contributed by atoms with Crippen LogP contribution in [0.1, 0.15) is 18.9 Å². The fourth-order valence-corrected chi connectivity index (χ4v) is 4.45. The SMILES string of the molecule is CCOC(=O)C1C2CC(CN(CC(F)(F)F)C2)C1NC(=O)OCc1ccccc1. The van der Waals surface area contributed by atoms with E-state index in [1.54, 1.807) is 6.92 Å². The number of likely N-dealkylation sites (tertiary alicyclic amines) is 1. The molecule has 1 amide bonds. The van der Waals surface area contributed by atoms with Crippen LogP contribution in [0.25, 0.3) is 0 Å². The number of benzene rings is 1. The van der Waals surface area contributed by atoms with E-state index in [4.69, 9.17) is 9.47 Å². The summed E-state index contributed by atoms with van der Waals surface area (Å²) in [6.07, 6.45) is -4.43. The van der Waals surface area contributed by atoms with E-state index in [0.717, 1.165) is 5.56 Å². The van der Waals surface area contributed by atoms with E-state index in [1.165, 1.54) is 4.90 Å². The Morgan fingerprint density at radius 2 is 1.83 bits per heavy atom. The number of rotatable bonds is 6. The number of nitrogens with zero attached hydrogens (tertiary/aromatic N) is 1. The van der Waals surface area contributed by atoms with Gasteiger partial charge in [0.05, 0.1) is 19.1 Å². The minimum Gasteiger partial charge on any atom is -0.466 e. The standard InChI is InChI=1S/C20H25F3N2O4/c1-2-28-18(26)16-14-8-15(10-25(9-14)12-20(21,22)23)17(16)24-19(27)29-11-13-6-4-3-5-7-13/h3-7,14-17H,2,8-12H2,1H3,(H,24,27). The van der Waals surface area contributed by atoms with Gasteiger partial charge in [0.1, 0.15) is 6.61 Å². The molecule has 1 heterocycles. The summed E-state index contributed by atoms with van der Waals surface area (Å²) in [4.78, 5) is 26.1. The van der Waals surface area contributed by atoms with E-state index in [1.807, 2.05) is 30.3 Å². The number of nitrogens with one attached hydrogen (secondary N) is 1. The maximum atomic E-state index is 12.8. The zero-order valence-electron chi connectivity index (χ0n) is 16.2. The number of fused-ring (bicyclic) bond motifs is 2. The monoisotopic (exact) mass is 414 g/mol. The van der Waals surface area contributed by atoms with Crippen molar-refractivity contribution in [3.63, 3.8) is 0 Å². The Bertz CT molecular complexity index is 713. The van der Waals surface area contributed by atoms with Gasteiger partial charge in [0.15, 0.2) is 0 Å². The molecule has 1 saturated carbocycles. The molecule has 1 N–H and O–H groups in total. The van der Waals surface area contributed by atoms with Gasteiger partial charge in [-0.25, -0.2) is 4.79 Å². The van der Waals surface area contributed by atoms with Crippen LogP contribution in [-0.2, 0) is 20.9 Å². The van der Waals surface area contributed by atoms with Gasteiger partial charge in [-0.15, -0.1) is 0 Å². The fourth-order valence-electron chi connectivity index (χ4n) is 4.45. The third-order valence-electron chi connectivity index (χ3n) is 5.45. The number of hydrogen-bond acceptors (Lipinski definition) is 5. The van der Waals surface area contributed by atoms with E-state index in [-0.39, 0.29) is 38.1 Å². The number of hydrogen-bond donors (Lipinski definition) is 1. The average Bonchev–Trinajstić information content (AvgIpc) is 2.89. The molecule has 29 heavy (non-hydrogen) atoms. The minimum absolute atomic E-state index is 0.0672. The summed E-state index contributed by atoms with van der Waals surface area (Å²) in [5.74, 6) is -1.73. The highest BCUT2D eigenvalue weighted by Gasteiger charge is 2.53. The number of piperidine rings is 1. The van der Waals surface area contributed by atoms with Crippen molar-refractivity contribution in [1.82, 2.24) is 10.2 Å². The largest absolute Gasteiger partial charge is 0.466 e. The van der Waals surface area contributed by atoms with Gasteiger partial charge < -0.3 is 14.8 Å². The van der Waals surface area contributed by atoms with Gasteiger partial charge in [0.25, 0.3) is 0 Å². The average molecular weight is 414 g/mol. The lowest BCUT2D eigenvalue weighted by molar-refractivity contribution is -0.152. The molecule has 6 nitrogen and oxygen atoms in total. The second kappa shape index (κ2) is 9.02. The van der Waals surface area contributed by atoms with Gasteiger partial charge >= 0.3 is 18.2 Å². The van der Waals surface area contributed by atoms with Crippen molar-refractivity contribution in [1.29, 1.82) is 0 Å². The highest BCUT2D eigenvalue weighted by Crippen LogP contribution is 2.42. The summed E-state index contributed by atoms with van der Waals surface area (Å²) in [7, 11) is 0. The molecule has 4 unspecified atom stereocenters. The van der Waals surface area contributed by atoms with Gasteiger partial charge in [-0.2, -0.15) is 13.2 Å². The zero-order valence-corrected chi connectivity index (χ0v) is 16.2. The lowest BCUT2D eigenvalue weighted by atomic mass is 9.93. The van der Waals surface area contributed by atoms with Crippen molar-refractivity contribution in [2.75, 3.05) is 26.2 Å². The zero-order chi connectivity index (χ0) is 21.0. The van der Waals surface area contributed by atoms with Crippen molar-refractivity contribution >= 4 is 12.1 Å². The maximum absolute atomic E-state index is 12.8. The number of alkyl halides is 3. The van der Waals surface area contributed by atoms with Crippen LogP contribution in [0.3, 0.4) is 0 Å². The van der Waals surface area contributed by atoms with Crippen LogP contribution in [0.15, 0.2) is 30.3 Å². The predicted octanol–water partition coefficient (Wildman–Crippen LogP) is 2.97. The molecule has 0 aromatic heterocycles. The molecule has 3 rings (SSSR count). The Kier molecular flexibility index (Phi) is 6.66. The molecule has 1 aliphatic heterocycles. The van der Waals surface area contributed by atoms with E-state index in [9.17, 15) is 22.8 Å². The number of ether oxygens (including phenoxy) is 2. The second-order valence-corrected chi connectivity index (χ2v) is 7.57. The van der Waals surface area contributed by atoms with Crippen LogP contribution < -0.4 is 5.32 Å². The quantitative estimate of drug-likeness (QED) is 0.725. The molecule has 1 aromatic rings. The van der Waals surface area contributed by atoms with Gasteiger partial charge in [-0.1, -0.05) is 30.3 Å². The van der Waals surface area contributed by atoms with Crippen LogP contribution in [-0.4, -0.2) is 55.4 Å². The van der Waals surface area contributed by atoms with Crippen LogP contribution in [0.4, 0.5) is 18.0 Å². The summed E-state index contributed by atoms with van der Waals surface area (Å²) >= 11 is 0. The number of amides is 1. The molecule has 1 aliphatic carbocycles. The number of carbonyl (C=O) groups is 2.